The van der Waals surface area contributed by atoms with Gasteiger partial charge in [-0.3, -0.25) is 4.99 Å². The van der Waals surface area contributed by atoms with E-state index in [2.05, 4.69) is 140 Å². The van der Waals surface area contributed by atoms with Gasteiger partial charge in [-0.05, 0) is 58.4 Å². The van der Waals surface area contributed by atoms with Crippen molar-refractivity contribution in [3.8, 4) is 33.4 Å². The molecule has 1 aliphatic carbocycles. The van der Waals surface area contributed by atoms with Crippen LogP contribution in [-0.4, -0.2) is 12.8 Å². The highest BCUT2D eigenvalue weighted by molar-refractivity contribution is 7.27. The molecule has 2 heteroatoms. The Labute approximate surface area is 239 Å². The van der Waals surface area contributed by atoms with Crippen LogP contribution in [0.15, 0.2) is 144 Å². The van der Waals surface area contributed by atoms with Gasteiger partial charge >= 0.3 is 0 Å². The zero-order valence-electron chi connectivity index (χ0n) is 22.3. The van der Waals surface area contributed by atoms with Crippen LogP contribution in [0.1, 0.15) is 18.4 Å². The minimum atomic E-state index is 0.713. The van der Waals surface area contributed by atoms with Crippen LogP contribution in [0.25, 0.3) is 53.6 Å². The van der Waals surface area contributed by atoms with E-state index >= 15 is 0 Å². The molecular weight excluding hydrogens is 502 g/mol. The van der Waals surface area contributed by atoms with Gasteiger partial charge in [-0.15, -0.1) is 11.3 Å². The summed E-state index contributed by atoms with van der Waals surface area (Å²) < 4.78 is 2.63. The maximum absolute atomic E-state index is 4.93. The van der Waals surface area contributed by atoms with Gasteiger partial charge in [0.15, 0.2) is 0 Å². The molecule has 192 valence electrons. The number of allylic oxidation sites excluding steroid dienone is 2. The molecule has 0 aliphatic heterocycles. The largest absolute Gasteiger partial charge is 0.288 e. The molecule has 0 N–H and O–H groups in total. The molecule has 1 heterocycles. The molecule has 0 saturated carbocycles. The monoisotopic (exact) mass is 531 g/mol. The first-order chi connectivity index (χ1) is 19.8. The van der Waals surface area contributed by atoms with Crippen molar-refractivity contribution in [2.75, 3.05) is 6.54 Å². The number of rotatable bonds is 6. The highest BCUT2D eigenvalue weighted by Crippen LogP contribution is 2.46. The van der Waals surface area contributed by atoms with E-state index in [0.717, 1.165) is 12.8 Å². The second-order valence-electron chi connectivity index (χ2n) is 10.2. The van der Waals surface area contributed by atoms with E-state index in [1.807, 2.05) is 11.3 Å². The van der Waals surface area contributed by atoms with E-state index in [1.54, 1.807) is 0 Å². The first-order valence-electron chi connectivity index (χ1n) is 13.9. The lowest BCUT2D eigenvalue weighted by molar-refractivity contribution is 0.996. The second kappa shape index (κ2) is 10.9. The Bertz CT molecular complexity index is 1890. The molecule has 1 aromatic heterocycles. The predicted molar refractivity (Wildman–Crippen MR) is 175 cm³/mol. The smallest absolute Gasteiger partial charge is 0.0636 e. The minimum Gasteiger partial charge on any atom is -0.288 e. The van der Waals surface area contributed by atoms with Gasteiger partial charge in [0.2, 0.25) is 0 Å². The molecule has 5 aromatic carbocycles. The van der Waals surface area contributed by atoms with Gasteiger partial charge < -0.3 is 0 Å². The first kappa shape index (κ1) is 24.5. The van der Waals surface area contributed by atoms with Gasteiger partial charge in [-0.25, -0.2) is 0 Å². The van der Waals surface area contributed by atoms with Crippen LogP contribution in [0.4, 0.5) is 0 Å². The number of hydrogen-bond donors (Lipinski definition) is 0. The molecule has 7 rings (SSSR count). The van der Waals surface area contributed by atoms with Crippen LogP contribution >= 0.6 is 11.3 Å². The Morgan fingerprint density at radius 1 is 0.625 bits per heavy atom. The van der Waals surface area contributed by atoms with Crippen molar-refractivity contribution in [1.29, 1.82) is 0 Å². The van der Waals surface area contributed by atoms with E-state index in [4.69, 9.17) is 4.99 Å². The summed E-state index contributed by atoms with van der Waals surface area (Å²) in [6.07, 6.45) is 11.1. The maximum atomic E-state index is 4.93. The zero-order chi connectivity index (χ0) is 26.7. The molecule has 40 heavy (non-hydrogen) atoms. The summed E-state index contributed by atoms with van der Waals surface area (Å²) in [5.41, 5.74) is 9.96. The topological polar surface area (TPSA) is 12.4 Å². The summed E-state index contributed by atoms with van der Waals surface area (Å²) in [5, 5.41) is 2.57. The Balaban J connectivity index is 1.50. The Morgan fingerprint density at radius 3 is 1.98 bits per heavy atom. The third-order valence-electron chi connectivity index (χ3n) is 7.61. The fourth-order valence-electron chi connectivity index (χ4n) is 5.62. The zero-order valence-corrected chi connectivity index (χ0v) is 23.1. The van der Waals surface area contributed by atoms with Crippen LogP contribution < -0.4 is 0 Å². The summed E-state index contributed by atoms with van der Waals surface area (Å²) >= 11 is 1.90. The molecule has 0 atom stereocenters. The molecule has 6 aromatic rings. The van der Waals surface area contributed by atoms with Crippen LogP contribution in [0.5, 0.6) is 0 Å². The van der Waals surface area contributed by atoms with Crippen LogP contribution in [0, 0.1) is 0 Å². The normalized spacial score (nSPS) is 13.3. The van der Waals surface area contributed by atoms with E-state index in [0.29, 0.717) is 6.54 Å². The van der Waals surface area contributed by atoms with E-state index in [1.165, 1.54) is 64.7 Å². The SMILES string of the molecule is C1=CC(CN=Cc2ccc(-c3ccccc3)c3sc4c(-c5ccccc5)cc(-c5ccccc5)cc4c23)=CCC1. The van der Waals surface area contributed by atoms with Gasteiger partial charge in [0, 0.05) is 37.5 Å². The lowest BCUT2D eigenvalue weighted by Gasteiger charge is -2.10. The summed E-state index contributed by atoms with van der Waals surface area (Å²) in [6.45, 7) is 0.713. The van der Waals surface area contributed by atoms with Crippen molar-refractivity contribution in [3.63, 3.8) is 0 Å². The maximum Gasteiger partial charge on any atom is 0.0636 e. The quantitative estimate of drug-likeness (QED) is 0.190. The molecule has 1 aliphatic rings. The van der Waals surface area contributed by atoms with Gasteiger partial charge in [0.1, 0.15) is 0 Å². The number of fused-ring (bicyclic) bond motifs is 3. The molecule has 0 bridgehead atoms. The lowest BCUT2D eigenvalue weighted by atomic mass is 9.94. The number of thiophene rings is 1. The molecule has 0 amide bonds. The average molecular weight is 532 g/mol. The van der Waals surface area contributed by atoms with Crippen molar-refractivity contribution in [1.82, 2.24) is 0 Å². The van der Waals surface area contributed by atoms with Crippen molar-refractivity contribution in [3.05, 3.63) is 145 Å². The second-order valence-corrected chi connectivity index (χ2v) is 11.3. The predicted octanol–water partition coefficient (Wildman–Crippen LogP) is 10.8. The molecule has 1 nitrogen and oxygen atoms in total. The summed E-state index contributed by atoms with van der Waals surface area (Å²) in [7, 11) is 0. The highest BCUT2D eigenvalue weighted by atomic mass is 32.1. The Hall–Kier alpha value is -4.53. The van der Waals surface area contributed by atoms with Crippen LogP contribution in [0.3, 0.4) is 0 Å². The summed E-state index contributed by atoms with van der Waals surface area (Å²) in [5.74, 6) is 0. The Morgan fingerprint density at radius 2 is 1.30 bits per heavy atom. The molecule has 0 spiro atoms. The third-order valence-corrected chi connectivity index (χ3v) is 8.88. The number of aliphatic imine (C=N–C) groups is 1. The van der Waals surface area contributed by atoms with Crippen molar-refractivity contribution in [2.45, 2.75) is 12.8 Å². The van der Waals surface area contributed by atoms with Gasteiger partial charge in [-0.2, -0.15) is 0 Å². The molecule has 0 radical (unpaired) electrons. The summed E-state index contributed by atoms with van der Waals surface area (Å²) in [4.78, 5) is 4.93. The fourth-order valence-corrected chi connectivity index (χ4v) is 7.01. The van der Waals surface area contributed by atoms with Gasteiger partial charge in [0.05, 0.1) is 6.54 Å². The van der Waals surface area contributed by atoms with Crippen molar-refractivity contribution >= 4 is 37.7 Å². The standard InChI is InChI=1S/C38H29NS/c1-5-13-27(14-6-1)25-39-26-31-21-22-33(29-17-9-3-10-18-29)38-36(31)35-24-32(28-15-7-2-8-16-28)23-34(37(35)40-38)30-19-11-4-12-20-30/h2-5,7-24,26H,1,6,25H2. The molecule has 0 unspecified atom stereocenters. The first-order valence-corrected chi connectivity index (χ1v) is 14.7. The van der Waals surface area contributed by atoms with Crippen LogP contribution in [0.2, 0.25) is 0 Å². The molecule has 0 saturated heterocycles. The molecular formula is C38H29NS. The lowest BCUT2D eigenvalue weighted by Crippen LogP contribution is -1.92. The minimum absolute atomic E-state index is 0.713. The Kier molecular flexibility index (Phi) is 6.69. The molecule has 0 fully saturated rings. The van der Waals surface area contributed by atoms with Crippen molar-refractivity contribution in [2.24, 2.45) is 4.99 Å². The number of nitrogens with zero attached hydrogens (tertiary/aromatic N) is 1. The van der Waals surface area contributed by atoms with Crippen LogP contribution in [-0.2, 0) is 0 Å². The van der Waals surface area contributed by atoms with E-state index in [-0.39, 0.29) is 0 Å². The highest BCUT2D eigenvalue weighted by Gasteiger charge is 2.18. The van der Waals surface area contributed by atoms with Crippen molar-refractivity contribution < 1.29 is 0 Å². The van der Waals surface area contributed by atoms with Gasteiger partial charge in [0.25, 0.3) is 0 Å². The fraction of sp³-hybridized carbons (Fsp3) is 0.0789. The number of hydrogen-bond acceptors (Lipinski definition) is 2. The van der Waals surface area contributed by atoms with Gasteiger partial charge in [-0.1, -0.05) is 121 Å². The summed E-state index contributed by atoms with van der Waals surface area (Å²) in [6, 6.07) is 41.5. The van der Waals surface area contributed by atoms with E-state index in [9.17, 15) is 0 Å². The average Bonchev–Trinajstić information content (AvgIpc) is 3.42. The third kappa shape index (κ3) is 4.72. The number of benzene rings is 5. The van der Waals surface area contributed by atoms with E-state index < -0.39 is 0 Å².